The average Bonchev–Trinajstić information content (AvgIpc) is 3.08. The number of likely N-dealkylation sites (tertiary alicyclic amines) is 1. The molecule has 1 fully saturated rings. The molecule has 2 N–H and O–H groups in total. The van der Waals surface area contributed by atoms with E-state index in [2.05, 4.69) is 24.5 Å². The van der Waals surface area contributed by atoms with Crippen LogP contribution in [0.15, 0.2) is 48.5 Å². The fraction of sp³-hybridized carbons (Fsp3) is 0.423. The van der Waals surface area contributed by atoms with Crippen molar-refractivity contribution in [1.29, 1.82) is 0 Å². The Balaban J connectivity index is 1.62. The molecule has 1 aliphatic heterocycles. The lowest BCUT2D eigenvalue weighted by molar-refractivity contribution is 0.0762. The minimum Gasteiger partial charge on any atom is -0.494 e. The van der Waals surface area contributed by atoms with Gasteiger partial charge in [0.05, 0.1) is 17.9 Å². The number of carbonyl (C=O) groups is 2. The quantitative estimate of drug-likeness (QED) is 0.544. The smallest absolute Gasteiger partial charge is 0.257 e. The Morgan fingerprint density at radius 1 is 1.03 bits per heavy atom. The molecule has 3 rings (SSSR count). The van der Waals surface area contributed by atoms with Crippen LogP contribution < -0.4 is 15.4 Å². The molecule has 2 aromatic carbocycles. The number of ether oxygens (including phenoxy) is 1. The highest BCUT2D eigenvalue weighted by Gasteiger charge is 2.20. The fourth-order valence-electron chi connectivity index (χ4n) is 3.69. The minimum absolute atomic E-state index is 0.0135. The van der Waals surface area contributed by atoms with Crippen LogP contribution in [0.2, 0.25) is 0 Å². The summed E-state index contributed by atoms with van der Waals surface area (Å²) in [5.74, 6) is 0.850. The molecule has 1 aliphatic rings. The van der Waals surface area contributed by atoms with Crippen LogP contribution in [0.25, 0.3) is 0 Å². The molecule has 0 bridgehead atoms. The third-order valence-electron chi connectivity index (χ3n) is 5.59. The van der Waals surface area contributed by atoms with Crippen LogP contribution in [0.1, 0.15) is 66.7 Å². The van der Waals surface area contributed by atoms with E-state index in [1.807, 2.05) is 23.1 Å². The molecule has 0 aromatic heterocycles. The first-order valence-corrected chi connectivity index (χ1v) is 12.1. The van der Waals surface area contributed by atoms with Crippen LogP contribution >= 0.6 is 12.2 Å². The highest BCUT2D eigenvalue weighted by Crippen LogP contribution is 2.20. The predicted octanol–water partition coefficient (Wildman–Crippen LogP) is 5.25. The summed E-state index contributed by atoms with van der Waals surface area (Å²) in [6.07, 6.45) is 5.31. The second-order valence-electron chi connectivity index (χ2n) is 8.72. The molecule has 33 heavy (non-hydrogen) atoms. The minimum atomic E-state index is -0.335. The number of hydrogen-bond donors (Lipinski definition) is 2. The first-order valence-electron chi connectivity index (χ1n) is 11.7. The maximum absolute atomic E-state index is 13.1. The highest BCUT2D eigenvalue weighted by atomic mass is 32.1. The molecule has 0 unspecified atom stereocenters. The van der Waals surface area contributed by atoms with Crippen molar-refractivity contribution in [1.82, 2.24) is 10.2 Å². The van der Waals surface area contributed by atoms with Gasteiger partial charge in [0.25, 0.3) is 11.8 Å². The van der Waals surface area contributed by atoms with Gasteiger partial charge in [0.2, 0.25) is 0 Å². The fourth-order valence-corrected chi connectivity index (χ4v) is 3.89. The molecular formula is C26H33N3O3S. The lowest BCUT2D eigenvalue weighted by Gasteiger charge is -2.22. The molecular weight excluding hydrogens is 434 g/mol. The van der Waals surface area contributed by atoms with Gasteiger partial charge in [0, 0.05) is 18.7 Å². The van der Waals surface area contributed by atoms with Gasteiger partial charge >= 0.3 is 0 Å². The van der Waals surface area contributed by atoms with E-state index in [4.69, 9.17) is 17.0 Å². The first-order chi connectivity index (χ1) is 15.9. The number of carbonyl (C=O) groups excluding carboxylic acids is 2. The maximum atomic E-state index is 13.1. The lowest BCUT2D eigenvalue weighted by atomic mass is 10.1. The van der Waals surface area contributed by atoms with E-state index in [1.54, 1.807) is 30.3 Å². The van der Waals surface area contributed by atoms with Crippen molar-refractivity contribution in [3.63, 3.8) is 0 Å². The maximum Gasteiger partial charge on any atom is 0.257 e. The van der Waals surface area contributed by atoms with E-state index in [0.717, 1.165) is 45.2 Å². The summed E-state index contributed by atoms with van der Waals surface area (Å²) in [5.41, 5.74) is 1.59. The van der Waals surface area contributed by atoms with Gasteiger partial charge in [-0.15, -0.1) is 0 Å². The van der Waals surface area contributed by atoms with Gasteiger partial charge in [0.15, 0.2) is 5.11 Å². The highest BCUT2D eigenvalue weighted by molar-refractivity contribution is 7.80. The number of benzene rings is 2. The zero-order valence-electron chi connectivity index (χ0n) is 19.4. The molecule has 0 saturated carbocycles. The first kappa shape index (κ1) is 24.7. The second-order valence-corrected chi connectivity index (χ2v) is 9.13. The largest absolute Gasteiger partial charge is 0.494 e. The summed E-state index contributed by atoms with van der Waals surface area (Å²) in [6, 6.07) is 14.3. The monoisotopic (exact) mass is 467 g/mol. The molecule has 7 heteroatoms. The van der Waals surface area contributed by atoms with E-state index in [9.17, 15) is 9.59 Å². The van der Waals surface area contributed by atoms with Gasteiger partial charge in [-0.25, -0.2) is 0 Å². The van der Waals surface area contributed by atoms with Crippen molar-refractivity contribution in [3.8, 4) is 5.75 Å². The van der Waals surface area contributed by atoms with Crippen LogP contribution in [0.5, 0.6) is 5.75 Å². The molecule has 0 aliphatic carbocycles. The van der Waals surface area contributed by atoms with E-state index in [1.165, 1.54) is 0 Å². The van der Waals surface area contributed by atoms with Crippen molar-refractivity contribution in [2.75, 3.05) is 25.0 Å². The summed E-state index contributed by atoms with van der Waals surface area (Å²) < 4.78 is 5.75. The number of nitrogens with one attached hydrogen (secondary N) is 2. The van der Waals surface area contributed by atoms with Gasteiger partial charge in [-0.1, -0.05) is 44.9 Å². The lowest BCUT2D eigenvalue weighted by Crippen LogP contribution is -2.36. The van der Waals surface area contributed by atoms with E-state index in [-0.39, 0.29) is 16.9 Å². The number of amides is 2. The predicted molar refractivity (Wildman–Crippen MR) is 136 cm³/mol. The Morgan fingerprint density at radius 2 is 1.76 bits per heavy atom. The summed E-state index contributed by atoms with van der Waals surface area (Å²) in [5, 5.41) is 5.87. The van der Waals surface area contributed by atoms with Crippen LogP contribution in [0, 0.1) is 5.92 Å². The van der Waals surface area contributed by atoms with Crippen LogP contribution in [0.4, 0.5) is 5.69 Å². The van der Waals surface area contributed by atoms with E-state index >= 15 is 0 Å². The van der Waals surface area contributed by atoms with Gasteiger partial charge in [-0.2, -0.15) is 0 Å². The molecule has 2 amide bonds. The van der Waals surface area contributed by atoms with Crippen molar-refractivity contribution in [3.05, 3.63) is 59.7 Å². The number of rotatable bonds is 7. The third-order valence-corrected chi connectivity index (χ3v) is 5.79. The van der Waals surface area contributed by atoms with Crippen LogP contribution in [0.3, 0.4) is 0 Å². The van der Waals surface area contributed by atoms with Gasteiger partial charge in [0.1, 0.15) is 5.75 Å². The van der Waals surface area contributed by atoms with Crippen molar-refractivity contribution < 1.29 is 14.3 Å². The van der Waals surface area contributed by atoms with Crippen molar-refractivity contribution >= 4 is 34.8 Å². The number of para-hydroxylation sites is 1. The van der Waals surface area contributed by atoms with Gasteiger partial charge < -0.3 is 15.0 Å². The molecule has 0 spiro atoms. The molecule has 0 radical (unpaired) electrons. The number of hydrogen-bond acceptors (Lipinski definition) is 4. The standard InChI is InChI=1S/C26H33N3O3S/c1-19(2)14-17-32-21-11-9-10-20(18-21)24(30)28-26(33)27-23-13-6-5-12-22(23)25(31)29-15-7-3-4-8-16-29/h5-6,9-13,18-19H,3-4,7-8,14-17H2,1-2H3,(H2,27,28,30,33). The Bertz CT molecular complexity index is 969. The summed E-state index contributed by atoms with van der Waals surface area (Å²) in [4.78, 5) is 27.7. The summed E-state index contributed by atoms with van der Waals surface area (Å²) >= 11 is 5.37. The number of nitrogens with zero attached hydrogens (tertiary/aromatic N) is 1. The zero-order valence-corrected chi connectivity index (χ0v) is 20.2. The Hall–Kier alpha value is -2.93. The molecule has 6 nitrogen and oxygen atoms in total. The van der Waals surface area contributed by atoms with Crippen LogP contribution in [-0.2, 0) is 0 Å². The Labute approximate surface area is 201 Å². The van der Waals surface area contributed by atoms with Crippen molar-refractivity contribution in [2.45, 2.75) is 46.0 Å². The molecule has 176 valence electrons. The number of anilines is 1. The van der Waals surface area contributed by atoms with E-state index in [0.29, 0.717) is 35.1 Å². The Kier molecular flexibility index (Phi) is 9.24. The van der Waals surface area contributed by atoms with Gasteiger partial charge in [-0.3, -0.25) is 14.9 Å². The molecule has 1 saturated heterocycles. The third kappa shape index (κ3) is 7.56. The second kappa shape index (κ2) is 12.3. The Morgan fingerprint density at radius 3 is 2.48 bits per heavy atom. The topological polar surface area (TPSA) is 70.7 Å². The van der Waals surface area contributed by atoms with Crippen molar-refractivity contribution in [2.24, 2.45) is 5.92 Å². The normalized spacial score (nSPS) is 13.8. The summed E-state index contributed by atoms with van der Waals surface area (Å²) in [6.45, 7) is 6.42. The molecule has 0 atom stereocenters. The average molecular weight is 468 g/mol. The molecule has 1 heterocycles. The van der Waals surface area contributed by atoms with Gasteiger partial charge in [-0.05, 0) is 67.7 Å². The molecule has 2 aromatic rings. The van der Waals surface area contributed by atoms with Crippen LogP contribution in [-0.4, -0.2) is 41.5 Å². The SMILES string of the molecule is CC(C)CCOc1cccc(C(=O)NC(=S)Nc2ccccc2C(=O)N2CCCCCC2)c1. The van der Waals surface area contributed by atoms with E-state index < -0.39 is 0 Å². The zero-order chi connectivity index (χ0) is 23.6. The number of thiocarbonyl (C=S) groups is 1. The summed E-state index contributed by atoms with van der Waals surface area (Å²) in [7, 11) is 0.